The van der Waals surface area contributed by atoms with Crippen molar-refractivity contribution in [3.63, 3.8) is 0 Å². The van der Waals surface area contributed by atoms with Crippen LogP contribution in [-0.4, -0.2) is 51.8 Å². The standard InChI is InChI=1S/C31H36ClN5O2/c1-20(33)16-26(34)28(18-21-6-4-3-5-7-21)37(2)31(39)23-10-8-22(9-11-23)17-25-13-14-27(36-25)30(38)24-12-15-29(32)35-19-24/h3-12,15-16,19,25,27-28,30,34,36,38H,13-14,17-18,33H2,1-2H3/t25-,27+,28?,30+/m0/s1. The number of likely N-dealkylation sites (N-methyl/N-ethyl adjacent to an activating group) is 1. The van der Waals surface area contributed by atoms with Crippen molar-refractivity contribution in [2.24, 2.45) is 5.73 Å². The minimum atomic E-state index is -0.643. The number of nitrogens with zero attached hydrogens (tertiary/aromatic N) is 2. The highest BCUT2D eigenvalue weighted by Crippen LogP contribution is 2.27. The second-order valence-corrected chi connectivity index (χ2v) is 10.7. The number of hydrogen-bond acceptors (Lipinski definition) is 6. The monoisotopic (exact) mass is 545 g/mol. The van der Waals surface area contributed by atoms with Gasteiger partial charge >= 0.3 is 0 Å². The summed E-state index contributed by atoms with van der Waals surface area (Å²) in [5.74, 6) is -0.144. The van der Waals surface area contributed by atoms with E-state index in [2.05, 4.69) is 10.3 Å². The number of nitrogens with two attached hydrogens (primary N) is 1. The van der Waals surface area contributed by atoms with Crippen LogP contribution in [0, 0.1) is 5.41 Å². The molecule has 0 aliphatic carbocycles. The molecule has 4 rings (SSSR count). The minimum absolute atomic E-state index is 0.0458. The highest BCUT2D eigenvalue weighted by molar-refractivity contribution is 6.29. The van der Waals surface area contributed by atoms with Crippen LogP contribution in [0.25, 0.3) is 0 Å². The van der Waals surface area contributed by atoms with Crippen molar-refractivity contribution in [1.82, 2.24) is 15.2 Å². The topological polar surface area (TPSA) is 115 Å². The quantitative estimate of drug-likeness (QED) is 0.218. The maximum absolute atomic E-state index is 13.4. The second kappa shape index (κ2) is 13.0. The van der Waals surface area contributed by atoms with Crippen LogP contribution in [0.15, 0.2) is 84.7 Å². The summed E-state index contributed by atoms with van der Waals surface area (Å²) in [4.78, 5) is 19.1. The molecule has 8 heteroatoms. The molecule has 4 atom stereocenters. The lowest BCUT2D eigenvalue weighted by atomic mass is 9.98. The van der Waals surface area contributed by atoms with Gasteiger partial charge in [-0.2, -0.15) is 0 Å². The third-order valence-corrected chi connectivity index (χ3v) is 7.46. The van der Waals surface area contributed by atoms with Crippen molar-refractivity contribution < 1.29 is 9.90 Å². The van der Waals surface area contributed by atoms with Crippen LogP contribution in [0.5, 0.6) is 0 Å². The van der Waals surface area contributed by atoms with Crippen molar-refractivity contribution in [3.05, 3.63) is 112 Å². The van der Waals surface area contributed by atoms with E-state index >= 15 is 0 Å². The third-order valence-electron chi connectivity index (χ3n) is 7.23. The Hall–Kier alpha value is -3.52. The third kappa shape index (κ3) is 7.53. The SMILES string of the molecule is CC(N)=CC(=N)C(Cc1ccccc1)N(C)C(=O)c1ccc(C[C@@H]2CC[C@H]([C@H](O)c3ccc(Cl)nc3)N2)cc1. The van der Waals surface area contributed by atoms with Gasteiger partial charge in [-0.3, -0.25) is 4.79 Å². The molecule has 2 aromatic carbocycles. The largest absolute Gasteiger partial charge is 0.402 e. The number of benzene rings is 2. The summed E-state index contributed by atoms with van der Waals surface area (Å²) in [7, 11) is 1.74. The zero-order valence-electron chi connectivity index (χ0n) is 22.3. The Morgan fingerprint density at radius 1 is 1.15 bits per heavy atom. The van der Waals surface area contributed by atoms with Crippen molar-refractivity contribution in [2.75, 3.05) is 7.05 Å². The maximum atomic E-state index is 13.4. The summed E-state index contributed by atoms with van der Waals surface area (Å²) in [5, 5.41) is 23.3. The van der Waals surface area contributed by atoms with Crippen molar-refractivity contribution in [2.45, 2.75) is 56.8 Å². The Balaban J connectivity index is 1.39. The van der Waals surface area contributed by atoms with Crippen LogP contribution < -0.4 is 11.1 Å². The molecule has 1 fully saturated rings. The van der Waals surface area contributed by atoms with E-state index in [1.54, 1.807) is 43.3 Å². The molecule has 1 aliphatic heterocycles. The first-order valence-electron chi connectivity index (χ1n) is 13.2. The second-order valence-electron chi connectivity index (χ2n) is 10.3. The number of carbonyl (C=O) groups is 1. The first kappa shape index (κ1) is 28.5. The first-order chi connectivity index (χ1) is 18.7. The molecule has 5 N–H and O–H groups in total. The normalized spacial score (nSPS) is 18.9. The maximum Gasteiger partial charge on any atom is 0.254 e. The van der Waals surface area contributed by atoms with E-state index in [9.17, 15) is 9.90 Å². The number of hydrogen-bond donors (Lipinski definition) is 4. The van der Waals surface area contributed by atoms with Gasteiger partial charge in [0.15, 0.2) is 0 Å². The van der Waals surface area contributed by atoms with E-state index < -0.39 is 12.1 Å². The number of pyridine rings is 1. The van der Waals surface area contributed by atoms with Gasteiger partial charge in [0.2, 0.25) is 0 Å². The molecule has 0 radical (unpaired) electrons. The van der Waals surface area contributed by atoms with Gasteiger partial charge in [0.25, 0.3) is 5.91 Å². The smallest absolute Gasteiger partial charge is 0.254 e. The first-order valence-corrected chi connectivity index (χ1v) is 13.6. The van der Waals surface area contributed by atoms with E-state index in [1.165, 1.54) is 0 Å². The number of aromatic nitrogens is 1. The molecule has 1 aliphatic rings. The molecule has 1 aromatic heterocycles. The van der Waals surface area contributed by atoms with Crippen LogP contribution in [0.2, 0.25) is 5.15 Å². The molecular formula is C31H36ClN5O2. The van der Waals surface area contributed by atoms with Gasteiger partial charge < -0.3 is 26.5 Å². The number of allylic oxidation sites excluding steroid dienone is 1. The Morgan fingerprint density at radius 3 is 2.51 bits per heavy atom. The lowest BCUT2D eigenvalue weighted by Gasteiger charge is -2.28. The van der Waals surface area contributed by atoms with Crippen LogP contribution >= 0.6 is 11.6 Å². The van der Waals surface area contributed by atoms with Crippen molar-refractivity contribution in [3.8, 4) is 0 Å². The molecule has 3 aromatic rings. The molecule has 7 nitrogen and oxygen atoms in total. The van der Waals surface area contributed by atoms with Crippen LogP contribution in [0.3, 0.4) is 0 Å². The summed E-state index contributed by atoms with van der Waals surface area (Å²) in [6.07, 6.45) is 5.72. The molecule has 0 bridgehead atoms. The molecule has 1 unspecified atom stereocenters. The van der Waals surface area contributed by atoms with Crippen LogP contribution in [-0.2, 0) is 12.8 Å². The van der Waals surface area contributed by atoms with E-state index in [-0.39, 0.29) is 18.0 Å². The zero-order valence-corrected chi connectivity index (χ0v) is 23.1. The Kier molecular flexibility index (Phi) is 9.51. The predicted molar refractivity (Wildman–Crippen MR) is 156 cm³/mol. The van der Waals surface area contributed by atoms with Gasteiger partial charge in [0.1, 0.15) is 5.15 Å². The van der Waals surface area contributed by atoms with Gasteiger partial charge in [-0.1, -0.05) is 60.1 Å². The molecule has 204 valence electrons. The highest BCUT2D eigenvalue weighted by atomic mass is 35.5. The Bertz CT molecular complexity index is 1290. The molecule has 0 saturated carbocycles. The average Bonchev–Trinajstić information content (AvgIpc) is 3.40. The van der Waals surface area contributed by atoms with E-state index in [0.29, 0.717) is 28.5 Å². The van der Waals surface area contributed by atoms with Crippen molar-refractivity contribution >= 4 is 23.2 Å². The minimum Gasteiger partial charge on any atom is -0.402 e. The average molecular weight is 546 g/mol. The van der Waals surface area contributed by atoms with Crippen LogP contribution in [0.4, 0.5) is 0 Å². The number of nitrogens with one attached hydrogen (secondary N) is 2. The van der Waals surface area contributed by atoms with E-state index in [4.69, 9.17) is 22.7 Å². The molecule has 0 spiro atoms. The van der Waals surface area contributed by atoms with Gasteiger partial charge in [-0.25, -0.2) is 4.98 Å². The molecule has 1 amide bonds. The number of rotatable bonds is 10. The predicted octanol–water partition coefficient (Wildman–Crippen LogP) is 4.70. The Labute approximate surface area is 235 Å². The number of aliphatic hydroxyl groups is 1. The Morgan fingerprint density at radius 2 is 1.87 bits per heavy atom. The fraction of sp³-hybridized carbons (Fsp3) is 0.323. The number of halogens is 1. The fourth-order valence-electron chi connectivity index (χ4n) is 5.10. The number of amides is 1. The summed E-state index contributed by atoms with van der Waals surface area (Å²) in [5.41, 5.74) is 10.2. The van der Waals surface area contributed by atoms with E-state index in [1.807, 2.05) is 54.6 Å². The van der Waals surface area contributed by atoms with Gasteiger partial charge in [-0.15, -0.1) is 0 Å². The lowest BCUT2D eigenvalue weighted by Crippen LogP contribution is -2.43. The summed E-state index contributed by atoms with van der Waals surface area (Å²) in [6, 6.07) is 20.8. The number of aliphatic hydroxyl groups excluding tert-OH is 1. The number of carbonyl (C=O) groups excluding carboxylic acids is 1. The molecule has 39 heavy (non-hydrogen) atoms. The lowest BCUT2D eigenvalue weighted by molar-refractivity contribution is 0.0770. The molecule has 2 heterocycles. The molecule has 1 saturated heterocycles. The van der Waals surface area contributed by atoms with Crippen molar-refractivity contribution in [1.29, 1.82) is 5.41 Å². The van der Waals surface area contributed by atoms with E-state index in [0.717, 1.165) is 36.0 Å². The van der Waals surface area contributed by atoms with Crippen LogP contribution in [0.1, 0.15) is 52.9 Å². The zero-order chi connectivity index (χ0) is 27.9. The highest BCUT2D eigenvalue weighted by Gasteiger charge is 2.30. The van der Waals surface area contributed by atoms with Gasteiger partial charge in [-0.05, 0) is 68.0 Å². The fourth-order valence-corrected chi connectivity index (χ4v) is 5.21. The summed E-state index contributed by atoms with van der Waals surface area (Å²) >= 11 is 5.87. The van der Waals surface area contributed by atoms with Gasteiger partial charge in [0.05, 0.1) is 17.9 Å². The molecular weight excluding hydrogens is 510 g/mol. The summed E-state index contributed by atoms with van der Waals surface area (Å²) < 4.78 is 0. The van der Waals surface area contributed by atoms with Gasteiger partial charge in [0, 0.05) is 42.2 Å². The summed E-state index contributed by atoms with van der Waals surface area (Å²) in [6.45, 7) is 1.74.